The van der Waals surface area contributed by atoms with Gasteiger partial charge in [-0.3, -0.25) is 14.6 Å². The number of nitrogens with zero attached hydrogens (tertiary/aromatic N) is 4. The Balaban J connectivity index is 1.54. The van der Waals surface area contributed by atoms with Gasteiger partial charge >= 0.3 is 0 Å². The molecule has 0 unspecified atom stereocenters. The van der Waals surface area contributed by atoms with E-state index in [1.165, 1.54) is 16.3 Å². The highest BCUT2D eigenvalue weighted by Crippen LogP contribution is 2.21. The van der Waals surface area contributed by atoms with Crippen LogP contribution in [-0.4, -0.2) is 43.6 Å². The van der Waals surface area contributed by atoms with Crippen molar-refractivity contribution < 1.29 is 9.53 Å². The fraction of sp³-hybridized carbons (Fsp3) is 0.190. The molecule has 0 radical (unpaired) electrons. The number of fused-ring (bicyclic) bond motifs is 1. The van der Waals surface area contributed by atoms with E-state index in [4.69, 9.17) is 4.74 Å². The van der Waals surface area contributed by atoms with E-state index in [2.05, 4.69) is 25.6 Å². The van der Waals surface area contributed by atoms with Crippen LogP contribution in [0.4, 0.5) is 5.69 Å². The van der Waals surface area contributed by atoms with Crippen molar-refractivity contribution in [3.8, 4) is 17.0 Å². The number of H-pyrrole nitrogens is 1. The average molecular weight is 436 g/mol. The second kappa shape index (κ2) is 8.60. The number of aryl methyl sites for hydroxylation is 1. The summed E-state index contributed by atoms with van der Waals surface area (Å²) in [6, 6.07) is 12.8. The maximum Gasteiger partial charge on any atom is 0.279 e. The fourth-order valence-corrected chi connectivity index (χ4v) is 3.65. The van der Waals surface area contributed by atoms with Crippen LogP contribution in [0.5, 0.6) is 5.75 Å². The molecule has 1 amide bonds. The van der Waals surface area contributed by atoms with Crippen LogP contribution < -0.4 is 15.6 Å². The number of thioether (sulfide) groups is 1. The molecule has 2 aromatic heterocycles. The Hall–Kier alpha value is -3.66. The summed E-state index contributed by atoms with van der Waals surface area (Å²) in [6.07, 6.45) is 0. The third-order valence-corrected chi connectivity index (χ3v) is 5.75. The van der Waals surface area contributed by atoms with Gasteiger partial charge in [0.25, 0.3) is 11.3 Å². The summed E-state index contributed by atoms with van der Waals surface area (Å²) in [6.45, 7) is 3.96. The first kappa shape index (κ1) is 20.6. The van der Waals surface area contributed by atoms with E-state index in [0.717, 1.165) is 16.8 Å². The number of ether oxygens (including phenoxy) is 1. The van der Waals surface area contributed by atoms with Crippen molar-refractivity contribution in [2.45, 2.75) is 19.0 Å². The summed E-state index contributed by atoms with van der Waals surface area (Å²) in [4.78, 5) is 27.5. The van der Waals surface area contributed by atoms with Crippen molar-refractivity contribution in [3.63, 3.8) is 0 Å². The molecule has 31 heavy (non-hydrogen) atoms. The molecule has 0 atom stereocenters. The summed E-state index contributed by atoms with van der Waals surface area (Å²) >= 11 is 1.18. The molecule has 0 aliphatic carbocycles. The Morgan fingerprint density at radius 2 is 1.94 bits per heavy atom. The summed E-state index contributed by atoms with van der Waals surface area (Å²) < 4.78 is 6.58. The van der Waals surface area contributed by atoms with Gasteiger partial charge in [0, 0.05) is 11.3 Å². The van der Waals surface area contributed by atoms with Crippen molar-refractivity contribution in [1.82, 2.24) is 24.8 Å². The number of methoxy groups -OCH3 is 1. The summed E-state index contributed by atoms with van der Waals surface area (Å²) in [5.74, 6) is 0.832. The maximum atomic E-state index is 12.4. The number of hydrogen-bond acceptors (Lipinski definition) is 7. The van der Waals surface area contributed by atoms with Gasteiger partial charge in [0.2, 0.25) is 11.1 Å². The van der Waals surface area contributed by atoms with E-state index >= 15 is 0 Å². The van der Waals surface area contributed by atoms with Crippen LogP contribution in [0.25, 0.3) is 17.0 Å². The predicted octanol–water partition coefficient (Wildman–Crippen LogP) is 2.84. The van der Waals surface area contributed by atoms with Gasteiger partial charge in [-0.25, -0.2) is 0 Å². The first-order valence-corrected chi connectivity index (χ1v) is 10.4. The summed E-state index contributed by atoms with van der Waals surface area (Å²) in [7, 11) is 1.57. The molecule has 10 heteroatoms. The van der Waals surface area contributed by atoms with E-state index in [-0.39, 0.29) is 28.7 Å². The SMILES string of the molecule is COc1ccc(-c2nn3c(SCC(=O)Nc4cccc(C)c4C)nnc3[nH]c2=O)cc1. The van der Waals surface area contributed by atoms with Crippen LogP contribution in [0.2, 0.25) is 0 Å². The molecule has 2 heterocycles. The topological polar surface area (TPSA) is 114 Å². The smallest absolute Gasteiger partial charge is 0.279 e. The Kier molecular flexibility index (Phi) is 5.72. The van der Waals surface area contributed by atoms with Gasteiger partial charge in [-0.05, 0) is 55.3 Å². The molecule has 2 aromatic carbocycles. The molecule has 0 aliphatic rings. The Bertz CT molecular complexity index is 1310. The highest BCUT2D eigenvalue weighted by molar-refractivity contribution is 7.99. The molecule has 2 N–H and O–H groups in total. The fourth-order valence-electron chi connectivity index (χ4n) is 2.97. The molecule has 0 aliphatic heterocycles. The molecular formula is C21H20N6O3S. The summed E-state index contributed by atoms with van der Waals surface area (Å²) in [5, 5.41) is 15.7. The summed E-state index contributed by atoms with van der Waals surface area (Å²) in [5.41, 5.74) is 3.37. The molecule has 158 valence electrons. The maximum absolute atomic E-state index is 12.4. The van der Waals surface area contributed by atoms with Gasteiger partial charge in [0.05, 0.1) is 12.9 Å². The number of anilines is 1. The normalized spacial score (nSPS) is 10.9. The number of carbonyl (C=O) groups is 1. The zero-order valence-electron chi connectivity index (χ0n) is 17.2. The number of rotatable bonds is 6. The Labute approximate surface area is 181 Å². The highest BCUT2D eigenvalue weighted by Gasteiger charge is 2.15. The van der Waals surface area contributed by atoms with Crippen molar-refractivity contribution in [1.29, 1.82) is 0 Å². The van der Waals surface area contributed by atoms with Crippen LogP contribution in [0.1, 0.15) is 11.1 Å². The number of benzene rings is 2. The Morgan fingerprint density at radius 3 is 2.68 bits per heavy atom. The minimum absolute atomic E-state index is 0.118. The third-order valence-electron chi connectivity index (χ3n) is 4.83. The number of amides is 1. The van der Waals surface area contributed by atoms with Crippen LogP contribution in [0.15, 0.2) is 52.4 Å². The van der Waals surface area contributed by atoms with E-state index in [9.17, 15) is 9.59 Å². The van der Waals surface area contributed by atoms with Crippen molar-refractivity contribution in [2.75, 3.05) is 18.2 Å². The quantitative estimate of drug-likeness (QED) is 0.447. The van der Waals surface area contributed by atoms with Crippen LogP contribution in [-0.2, 0) is 4.79 Å². The van der Waals surface area contributed by atoms with Gasteiger partial charge < -0.3 is 10.1 Å². The van der Waals surface area contributed by atoms with Crippen LogP contribution in [0.3, 0.4) is 0 Å². The third kappa shape index (κ3) is 4.29. The zero-order chi connectivity index (χ0) is 22.0. The first-order chi connectivity index (χ1) is 15.0. The number of hydrogen-bond donors (Lipinski definition) is 2. The molecule has 4 aromatic rings. The predicted molar refractivity (Wildman–Crippen MR) is 119 cm³/mol. The molecule has 0 bridgehead atoms. The second-order valence-electron chi connectivity index (χ2n) is 6.83. The lowest BCUT2D eigenvalue weighted by Crippen LogP contribution is -2.17. The lowest BCUT2D eigenvalue weighted by atomic mass is 10.1. The highest BCUT2D eigenvalue weighted by atomic mass is 32.2. The number of aromatic nitrogens is 5. The molecule has 0 spiro atoms. The van der Waals surface area contributed by atoms with Crippen molar-refractivity contribution in [3.05, 3.63) is 63.9 Å². The van der Waals surface area contributed by atoms with E-state index in [1.54, 1.807) is 31.4 Å². The minimum Gasteiger partial charge on any atom is -0.497 e. The molecule has 0 fully saturated rings. The van der Waals surface area contributed by atoms with Gasteiger partial charge in [-0.2, -0.15) is 9.61 Å². The van der Waals surface area contributed by atoms with E-state index in [1.807, 2.05) is 32.0 Å². The first-order valence-electron chi connectivity index (χ1n) is 9.45. The van der Waals surface area contributed by atoms with Crippen LogP contribution >= 0.6 is 11.8 Å². The van der Waals surface area contributed by atoms with Crippen molar-refractivity contribution in [2.24, 2.45) is 0 Å². The van der Waals surface area contributed by atoms with Gasteiger partial charge in [-0.1, -0.05) is 23.9 Å². The average Bonchev–Trinajstić information content (AvgIpc) is 3.16. The monoisotopic (exact) mass is 436 g/mol. The zero-order valence-corrected chi connectivity index (χ0v) is 18.0. The van der Waals surface area contributed by atoms with E-state index < -0.39 is 0 Å². The van der Waals surface area contributed by atoms with Gasteiger partial charge in [0.1, 0.15) is 5.75 Å². The lowest BCUT2D eigenvalue weighted by Gasteiger charge is -2.09. The molecule has 9 nitrogen and oxygen atoms in total. The largest absolute Gasteiger partial charge is 0.497 e. The second-order valence-corrected chi connectivity index (χ2v) is 7.78. The number of carbonyl (C=O) groups excluding carboxylic acids is 1. The Morgan fingerprint density at radius 1 is 1.16 bits per heavy atom. The van der Waals surface area contributed by atoms with Gasteiger partial charge in [-0.15, -0.1) is 10.2 Å². The van der Waals surface area contributed by atoms with Crippen LogP contribution in [0, 0.1) is 13.8 Å². The molecule has 0 saturated heterocycles. The number of aromatic amines is 1. The molecular weight excluding hydrogens is 416 g/mol. The minimum atomic E-state index is -0.380. The molecule has 0 saturated carbocycles. The van der Waals surface area contributed by atoms with Crippen molar-refractivity contribution >= 4 is 29.1 Å². The van der Waals surface area contributed by atoms with E-state index in [0.29, 0.717) is 16.5 Å². The molecule has 4 rings (SSSR count). The number of nitrogens with one attached hydrogen (secondary N) is 2. The lowest BCUT2D eigenvalue weighted by molar-refractivity contribution is -0.113. The standard InChI is InChI=1S/C21H20N6O3S/c1-12-5-4-6-16(13(12)2)22-17(28)11-31-21-25-24-20-23-19(29)18(26-27(20)21)14-7-9-15(30-3)10-8-14/h4-10H,11H2,1-3H3,(H,22,28)(H,23,24,29). The van der Waals surface area contributed by atoms with Gasteiger partial charge in [0.15, 0.2) is 5.69 Å².